The van der Waals surface area contributed by atoms with Crippen LogP contribution in [0.1, 0.15) is 39.0 Å². The molecule has 0 radical (unpaired) electrons. The van der Waals surface area contributed by atoms with Gasteiger partial charge in [0.15, 0.2) is 0 Å². The van der Waals surface area contributed by atoms with Crippen molar-refractivity contribution in [1.29, 1.82) is 0 Å². The predicted molar refractivity (Wildman–Crippen MR) is 47.7 cm³/mol. The number of nitrogens with one attached hydrogen (secondary N) is 1. The van der Waals surface area contributed by atoms with Gasteiger partial charge in [0.1, 0.15) is 0 Å². The molecule has 0 aromatic heterocycles. The van der Waals surface area contributed by atoms with Gasteiger partial charge in [-0.1, -0.05) is 13.3 Å². The van der Waals surface area contributed by atoms with Crippen LogP contribution in [0.3, 0.4) is 0 Å². The predicted octanol–water partition coefficient (Wildman–Crippen LogP) is 1.70. The summed E-state index contributed by atoms with van der Waals surface area (Å²) in [5, 5.41) is 3.11. The molecule has 2 fully saturated rings. The van der Waals surface area contributed by atoms with E-state index in [0.717, 1.165) is 24.7 Å². The van der Waals surface area contributed by atoms with Crippen molar-refractivity contribution in [3.8, 4) is 0 Å². The normalized spacial score (nSPS) is 41.8. The molecule has 2 aliphatic rings. The van der Waals surface area contributed by atoms with Gasteiger partial charge in [-0.2, -0.15) is 0 Å². The van der Waals surface area contributed by atoms with Gasteiger partial charge in [0.25, 0.3) is 0 Å². The molecule has 2 rings (SSSR count). The summed E-state index contributed by atoms with van der Waals surface area (Å²) in [5.41, 5.74) is 0. The van der Waals surface area contributed by atoms with Crippen molar-refractivity contribution in [2.75, 3.05) is 0 Å². The topological polar surface area (TPSA) is 29.1 Å². The molecular formula is C10H17NO. The van der Waals surface area contributed by atoms with Crippen molar-refractivity contribution >= 4 is 5.91 Å². The molecule has 1 N–H and O–H groups in total. The summed E-state index contributed by atoms with van der Waals surface area (Å²) in [4.78, 5) is 11.1. The lowest BCUT2D eigenvalue weighted by Crippen LogP contribution is -2.47. The lowest BCUT2D eigenvalue weighted by Gasteiger charge is -2.38. The third-order valence-electron chi connectivity index (χ3n) is 3.34. The Bertz CT molecular complexity index is 190. The largest absolute Gasteiger partial charge is 0.353 e. The highest BCUT2D eigenvalue weighted by Crippen LogP contribution is 2.33. The summed E-state index contributed by atoms with van der Waals surface area (Å²) in [7, 11) is 0. The summed E-state index contributed by atoms with van der Waals surface area (Å²) < 4.78 is 0. The molecule has 0 aromatic carbocycles. The number of hydrogen-bond acceptors (Lipinski definition) is 1. The van der Waals surface area contributed by atoms with E-state index in [2.05, 4.69) is 12.2 Å². The van der Waals surface area contributed by atoms with Crippen LogP contribution >= 0.6 is 0 Å². The van der Waals surface area contributed by atoms with Gasteiger partial charge in [-0.05, 0) is 31.1 Å². The first-order valence-electron chi connectivity index (χ1n) is 5.05. The molecule has 2 nitrogen and oxygen atoms in total. The first-order chi connectivity index (χ1) is 5.75. The third-order valence-corrected chi connectivity index (χ3v) is 3.34. The zero-order chi connectivity index (χ0) is 8.55. The van der Waals surface area contributed by atoms with Crippen LogP contribution in [-0.4, -0.2) is 11.9 Å². The Balaban J connectivity index is 1.99. The van der Waals surface area contributed by atoms with Crippen LogP contribution in [0.2, 0.25) is 0 Å². The van der Waals surface area contributed by atoms with E-state index in [0.29, 0.717) is 6.04 Å². The number of hydrogen-bond donors (Lipinski definition) is 1. The van der Waals surface area contributed by atoms with Crippen LogP contribution in [0.25, 0.3) is 0 Å². The van der Waals surface area contributed by atoms with E-state index < -0.39 is 0 Å². The fourth-order valence-corrected chi connectivity index (χ4v) is 2.56. The van der Waals surface area contributed by atoms with Gasteiger partial charge in [0, 0.05) is 12.5 Å². The Morgan fingerprint density at radius 3 is 3.00 bits per heavy atom. The second-order valence-corrected chi connectivity index (χ2v) is 4.39. The van der Waals surface area contributed by atoms with E-state index in [1.165, 1.54) is 19.3 Å². The van der Waals surface area contributed by atoms with Crippen molar-refractivity contribution in [2.24, 2.45) is 11.8 Å². The molecule has 1 aliphatic carbocycles. The monoisotopic (exact) mass is 167 g/mol. The van der Waals surface area contributed by atoms with Crippen molar-refractivity contribution in [2.45, 2.75) is 45.1 Å². The molecule has 0 aromatic rings. The molecule has 0 spiro atoms. The van der Waals surface area contributed by atoms with Crippen molar-refractivity contribution in [1.82, 2.24) is 5.32 Å². The Labute approximate surface area is 73.7 Å². The Hall–Kier alpha value is -0.530. The van der Waals surface area contributed by atoms with E-state index in [9.17, 15) is 4.79 Å². The van der Waals surface area contributed by atoms with E-state index in [-0.39, 0.29) is 5.91 Å². The van der Waals surface area contributed by atoms with Crippen LogP contribution in [0.4, 0.5) is 0 Å². The number of rotatable bonds is 0. The highest BCUT2D eigenvalue weighted by Gasteiger charge is 2.32. The molecule has 2 heteroatoms. The lowest BCUT2D eigenvalue weighted by atomic mass is 9.75. The number of fused-ring (bicyclic) bond motifs is 1. The summed E-state index contributed by atoms with van der Waals surface area (Å²) in [5.74, 6) is 1.87. The standard InChI is InChI=1S/C10H17NO/c1-7-2-3-8-4-5-10(12)11-9(8)6-7/h7-9H,2-6H2,1H3,(H,11,12). The maximum Gasteiger partial charge on any atom is 0.220 e. The van der Waals surface area contributed by atoms with Crippen LogP contribution in [-0.2, 0) is 4.79 Å². The van der Waals surface area contributed by atoms with Crippen LogP contribution < -0.4 is 5.32 Å². The average Bonchev–Trinajstić information content (AvgIpc) is 2.03. The quantitative estimate of drug-likeness (QED) is 0.584. The second-order valence-electron chi connectivity index (χ2n) is 4.39. The number of carbonyl (C=O) groups is 1. The highest BCUT2D eigenvalue weighted by atomic mass is 16.1. The molecule has 1 heterocycles. The van der Waals surface area contributed by atoms with Gasteiger partial charge >= 0.3 is 0 Å². The van der Waals surface area contributed by atoms with Crippen LogP contribution in [0.5, 0.6) is 0 Å². The fraction of sp³-hybridized carbons (Fsp3) is 0.900. The summed E-state index contributed by atoms with van der Waals surface area (Å²) >= 11 is 0. The van der Waals surface area contributed by atoms with E-state index in [4.69, 9.17) is 0 Å². The minimum atomic E-state index is 0.269. The molecule has 1 saturated heterocycles. The fourth-order valence-electron chi connectivity index (χ4n) is 2.56. The molecule has 68 valence electrons. The number of carbonyl (C=O) groups excluding carboxylic acids is 1. The second kappa shape index (κ2) is 3.08. The molecule has 1 saturated carbocycles. The third kappa shape index (κ3) is 1.47. The Morgan fingerprint density at radius 1 is 1.33 bits per heavy atom. The average molecular weight is 167 g/mol. The minimum absolute atomic E-state index is 0.269. The van der Waals surface area contributed by atoms with E-state index in [1.54, 1.807) is 0 Å². The van der Waals surface area contributed by atoms with Crippen molar-refractivity contribution in [3.05, 3.63) is 0 Å². The molecular weight excluding hydrogens is 150 g/mol. The molecule has 3 unspecified atom stereocenters. The summed E-state index contributed by atoms with van der Waals surface area (Å²) in [6.45, 7) is 2.29. The number of amides is 1. The summed E-state index contributed by atoms with van der Waals surface area (Å²) in [6.07, 6.45) is 5.78. The maximum absolute atomic E-state index is 11.1. The van der Waals surface area contributed by atoms with Crippen molar-refractivity contribution in [3.63, 3.8) is 0 Å². The van der Waals surface area contributed by atoms with E-state index in [1.807, 2.05) is 0 Å². The van der Waals surface area contributed by atoms with Gasteiger partial charge in [-0.25, -0.2) is 0 Å². The van der Waals surface area contributed by atoms with Gasteiger partial charge in [0.05, 0.1) is 0 Å². The van der Waals surface area contributed by atoms with Crippen LogP contribution in [0, 0.1) is 11.8 Å². The zero-order valence-corrected chi connectivity index (χ0v) is 7.68. The molecule has 3 atom stereocenters. The molecule has 1 amide bonds. The van der Waals surface area contributed by atoms with Gasteiger partial charge in [0.2, 0.25) is 5.91 Å². The zero-order valence-electron chi connectivity index (χ0n) is 7.68. The smallest absolute Gasteiger partial charge is 0.220 e. The highest BCUT2D eigenvalue weighted by molar-refractivity contribution is 5.77. The van der Waals surface area contributed by atoms with E-state index >= 15 is 0 Å². The lowest BCUT2D eigenvalue weighted by molar-refractivity contribution is -0.125. The van der Waals surface area contributed by atoms with Gasteiger partial charge in [-0.3, -0.25) is 4.79 Å². The SMILES string of the molecule is CC1CCC2CCC(=O)NC2C1. The molecule has 0 bridgehead atoms. The Kier molecular flexibility index (Phi) is 2.07. The van der Waals surface area contributed by atoms with Crippen LogP contribution in [0.15, 0.2) is 0 Å². The van der Waals surface area contributed by atoms with Gasteiger partial charge in [-0.15, -0.1) is 0 Å². The van der Waals surface area contributed by atoms with Gasteiger partial charge < -0.3 is 5.32 Å². The first-order valence-corrected chi connectivity index (χ1v) is 5.05. The number of piperidine rings is 1. The Morgan fingerprint density at radius 2 is 2.17 bits per heavy atom. The molecule has 12 heavy (non-hydrogen) atoms. The first kappa shape index (κ1) is 8.09. The minimum Gasteiger partial charge on any atom is -0.353 e. The summed E-state index contributed by atoms with van der Waals surface area (Å²) in [6, 6.07) is 0.509. The molecule has 1 aliphatic heterocycles. The van der Waals surface area contributed by atoms with Crippen molar-refractivity contribution < 1.29 is 4.79 Å². The maximum atomic E-state index is 11.1.